The van der Waals surface area contributed by atoms with Gasteiger partial charge in [-0.25, -0.2) is 43.9 Å². The number of benzene rings is 2. The van der Waals surface area contributed by atoms with Crippen molar-refractivity contribution >= 4 is 34.8 Å². The number of rotatable bonds is 2. The number of hydrogen-bond donors (Lipinski definition) is 1. The Kier molecular flexibility index (Phi) is 5.81. The third-order valence-corrected chi connectivity index (χ3v) is 4.37. The number of hydrogen-bond acceptors (Lipinski definition) is 1. The van der Waals surface area contributed by atoms with Crippen LogP contribution in [0.3, 0.4) is 0 Å². The molecule has 0 saturated heterocycles. The number of halogens is 13. The lowest BCUT2D eigenvalue weighted by atomic mass is 9.85. The first-order chi connectivity index (χ1) is 12.6. The highest BCUT2D eigenvalue weighted by Gasteiger charge is 2.58. The van der Waals surface area contributed by atoms with E-state index in [1.807, 2.05) is 0 Å². The van der Waals surface area contributed by atoms with E-state index in [1.54, 1.807) is 0 Å². The van der Waals surface area contributed by atoms with E-state index in [2.05, 4.69) is 0 Å². The summed E-state index contributed by atoms with van der Waals surface area (Å²) in [7, 11) is 0. The van der Waals surface area contributed by atoms with E-state index >= 15 is 0 Å². The third kappa shape index (κ3) is 2.99. The first-order valence-corrected chi connectivity index (χ1v) is 7.56. The summed E-state index contributed by atoms with van der Waals surface area (Å²) in [5.74, 6) is -28.4. The van der Waals surface area contributed by atoms with Gasteiger partial charge in [-0.2, -0.15) is 0 Å². The average Bonchev–Trinajstić information content (AvgIpc) is 2.60. The van der Waals surface area contributed by atoms with Gasteiger partial charge in [0.25, 0.3) is 0 Å². The molecule has 28 heavy (non-hydrogen) atoms. The maximum Gasteiger partial charge on any atom is 0.227 e. The summed E-state index contributed by atoms with van der Waals surface area (Å²) in [6.45, 7) is 0. The zero-order chi connectivity index (χ0) is 21.9. The molecule has 0 fully saturated rings. The molecule has 0 amide bonds. The standard InChI is InChI=1S/C14HCl3F10O/c15-14(16,17)13(28,1-3(18)7(22)11(26)8(23)4(1)19)2-5(20)9(24)12(27)10(25)6(2)21/h28H. The SMILES string of the molecule is OC(c1c(F)c(F)c(F)c(F)c1F)(c1c(F)c(F)c(F)c(F)c1F)C(Cl)(Cl)Cl. The summed E-state index contributed by atoms with van der Waals surface area (Å²) in [6.07, 6.45) is 0. The molecule has 0 aliphatic heterocycles. The molecule has 0 radical (unpaired) electrons. The van der Waals surface area contributed by atoms with Gasteiger partial charge in [0.1, 0.15) is 0 Å². The minimum atomic E-state index is -4.56. The van der Waals surface area contributed by atoms with Crippen LogP contribution in [0.25, 0.3) is 0 Å². The van der Waals surface area contributed by atoms with Crippen LogP contribution in [-0.4, -0.2) is 8.90 Å². The van der Waals surface area contributed by atoms with Crippen molar-refractivity contribution in [3.63, 3.8) is 0 Å². The summed E-state index contributed by atoms with van der Waals surface area (Å²) >= 11 is 15.7. The first kappa shape index (κ1) is 22.9. The zero-order valence-corrected chi connectivity index (χ0v) is 14.6. The molecule has 0 saturated carbocycles. The summed E-state index contributed by atoms with van der Waals surface area (Å²) in [5.41, 5.74) is -9.69. The second-order valence-corrected chi connectivity index (χ2v) is 7.38. The molecule has 0 aromatic heterocycles. The summed E-state index contributed by atoms with van der Waals surface area (Å²) in [4.78, 5) is 0. The van der Waals surface area contributed by atoms with Gasteiger partial charge in [0.15, 0.2) is 52.1 Å². The van der Waals surface area contributed by atoms with Crippen molar-refractivity contribution < 1.29 is 49.0 Å². The van der Waals surface area contributed by atoms with Crippen molar-refractivity contribution in [3.8, 4) is 0 Å². The number of aliphatic hydroxyl groups is 1. The molecule has 0 spiro atoms. The van der Waals surface area contributed by atoms with Gasteiger partial charge in [0, 0.05) is 0 Å². The van der Waals surface area contributed by atoms with Gasteiger partial charge in [-0.3, -0.25) is 0 Å². The highest BCUT2D eigenvalue weighted by Crippen LogP contribution is 2.53. The highest BCUT2D eigenvalue weighted by atomic mass is 35.6. The molecular weight excluding hydrogens is 480 g/mol. The van der Waals surface area contributed by atoms with E-state index in [0.717, 1.165) is 0 Å². The van der Waals surface area contributed by atoms with Gasteiger partial charge in [0.05, 0.1) is 11.1 Å². The fourth-order valence-electron chi connectivity index (χ4n) is 2.25. The predicted molar refractivity (Wildman–Crippen MR) is 75.8 cm³/mol. The molecule has 14 heteroatoms. The zero-order valence-electron chi connectivity index (χ0n) is 12.4. The number of alkyl halides is 3. The second-order valence-electron chi connectivity index (χ2n) is 5.10. The van der Waals surface area contributed by atoms with Gasteiger partial charge in [0.2, 0.25) is 15.4 Å². The van der Waals surface area contributed by atoms with Crippen LogP contribution in [0.1, 0.15) is 11.1 Å². The Bertz CT molecular complexity index is 861. The molecule has 2 rings (SSSR count). The lowest BCUT2D eigenvalue weighted by Crippen LogP contribution is -2.45. The van der Waals surface area contributed by atoms with E-state index in [4.69, 9.17) is 34.8 Å². The minimum absolute atomic E-state index is 2.56. The first-order valence-electron chi connectivity index (χ1n) is 6.43. The van der Waals surface area contributed by atoms with Crippen molar-refractivity contribution in [2.24, 2.45) is 0 Å². The minimum Gasteiger partial charge on any atom is -0.375 e. The second kappa shape index (κ2) is 7.12. The smallest absolute Gasteiger partial charge is 0.227 e. The normalized spacial score (nSPS) is 12.6. The van der Waals surface area contributed by atoms with Gasteiger partial charge < -0.3 is 5.11 Å². The molecule has 0 bridgehead atoms. The van der Waals surface area contributed by atoms with E-state index in [1.165, 1.54) is 0 Å². The molecule has 2 aromatic carbocycles. The molecule has 0 heterocycles. The summed E-state index contributed by atoms with van der Waals surface area (Å²) in [5, 5.41) is 10.4. The molecule has 1 N–H and O–H groups in total. The van der Waals surface area contributed by atoms with Crippen molar-refractivity contribution in [1.82, 2.24) is 0 Å². The molecule has 0 aliphatic rings. The van der Waals surface area contributed by atoms with E-state index < -0.39 is 78.7 Å². The van der Waals surface area contributed by atoms with Crippen LogP contribution in [0.4, 0.5) is 43.9 Å². The van der Waals surface area contributed by atoms with Crippen LogP contribution in [0, 0.1) is 58.2 Å². The van der Waals surface area contributed by atoms with Crippen LogP contribution < -0.4 is 0 Å². The van der Waals surface area contributed by atoms with Crippen molar-refractivity contribution in [2.45, 2.75) is 9.39 Å². The molecule has 2 aromatic rings. The fraction of sp³-hybridized carbons (Fsp3) is 0.143. The van der Waals surface area contributed by atoms with Crippen LogP contribution in [-0.2, 0) is 5.60 Å². The fourth-order valence-corrected chi connectivity index (χ4v) is 2.82. The Morgan fingerprint density at radius 1 is 0.429 bits per heavy atom. The molecule has 1 nitrogen and oxygen atoms in total. The van der Waals surface area contributed by atoms with E-state index in [0.29, 0.717) is 0 Å². The monoisotopic (exact) mass is 480 g/mol. The Balaban J connectivity index is 3.17. The van der Waals surface area contributed by atoms with Crippen LogP contribution in [0.2, 0.25) is 0 Å². The summed E-state index contributed by atoms with van der Waals surface area (Å²) < 4.78 is 133. The lowest BCUT2D eigenvalue weighted by Gasteiger charge is -2.36. The van der Waals surface area contributed by atoms with Crippen LogP contribution in [0.15, 0.2) is 0 Å². The predicted octanol–water partition coefficient (Wildman–Crippen LogP) is 5.68. The van der Waals surface area contributed by atoms with E-state index in [9.17, 15) is 49.0 Å². The average molecular weight is 482 g/mol. The lowest BCUT2D eigenvalue weighted by molar-refractivity contribution is 0.0635. The molecule has 0 aliphatic carbocycles. The molecule has 0 unspecified atom stereocenters. The van der Waals surface area contributed by atoms with Crippen molar-refractivity contribution in [2.75, 3.05) is 0 Å². The topological polar surface area (TPSA) is 20.2 Å². The maximum absolute atomic E-state index is 14.1. The summed E-state index contributed by atoms with van der Waals surface area (Å²) in [6, 6.07) is 0. The Labute approximate surface area is 163 Å². The quantitative estimate of drug-likeness (QED) is 0.253. The van der Waals surface area contributed by atoms with Gasteiger partial charge in [-0.05, 0) is 0 Å². The largest absolute Gasteiger partial charge is 0.375 e. The van der Waals surface area contributed by atoms with Crippen LogP contribution in [0.5, 0.6) is 0 Å². The van der Waals surface area contributed by atoms with Gasteiger partial charge >= 0.3 is 0 Å². The molecule has 154 valence electrons. The van der Waals surface area contributed by atoms with Crippen LogP contribution >= 0.6 is 34.8 Å². The Morgan fingerprint density at radius 3 is 0.786 bits per heavy atom. The maximum atomic E-state index is 14.1. The Hall–Kier alpha value is -1.43. The molecule has 0 atom stereocenters. The molecular formula is C14HCl3F10O. The van der Waals surface area contributed by atoms with E-state index in [-0.39, 0.29) is 0 Å². The van der Waals surface area contributed by atoms with Crippen molar-refractivity contribution in [1.29, 1.82) is 0 Å². The van der Waals surface area contributed by atoms with Gasteiger partial charge in [-0.1, -0.05) is 34.8 Å². The van der Waals surface area contributed by atoms with Gasteiger partial charge in [-0.15, -0.1) is 0 Å². The highest BCUT2D eigenvalue weighted by molar-refractivity contribution is 6.68. The van der Waals surface area contributed by atoms with Crippen molar-refractivity contribution in [3.05, 3.63) is 69.3 Å². The Morgan fingerprint density at radius 2 is 0.607 bits per heavy atom. The third-order valence-electron chi connectivity index (χ3n) is 3.55.